The molecule has 3 N–H and O–H groups in total. The van der Waals surface area contributed by atoms with Crippen LogP contribution in [0, 0.1) is 11.8 Å². The number of hydrogen-bond acceptors (Lipinski definition) is 2. The first-order valence-electron chi connectivity index (χ1n) is 3.68. The Labute approximate surface area is 72.4 Å². The Morgan fingerprint density at radius 1 is 1.64 bits per heavy atom. The smallest absolute Gasteiger partial charge is 0.306 e. The lowest BCUT2D eigenvalue weighted by Gasteiger charge is -2.07. The van der Waals surface area contributed by atoms with Crippen molar-refractivity contribution in [2.75, 3.05) is 6.54 Å². The lowest BCUT2D eigenvalue weighted by atomic mass is 10.0. The van der Waals surface area contributed by atoms with Crippen LogP contribution >= 0.6 is 12.4 Å². The minimum atomic E-state index is -0.673. The van der Waals surface area contributed by atoms with Gasteiger partial charge in [0.15, 0.2) is 0 Å². The summed E-state index contributed by atoms with van der Waals surface area (Å²) in [6.45, 7) is 0.494. The maximum Gasteiger partial charge on any atom is 0.306 e. The van der Waals surface area contributed by atoms with Crippen molar-refractivity contribution in [3.8, 4) is 0 Å². The highest BCUT2D eigenvalue weighted by molar-refractivity contribution is 5.85. The van der Waals surface area contributed by atoms with E-state index in [-0.39, 0.29) is 18.3 Å². The molecule has 0 radical (unpaired) electrons. The number of nitrogens with two attached hydrogens (primary N) is 1. The van der Waals surface area contributed by atoms with Crippen molar-refractivity contribution < 1.29 is 9.90 Å². The van der Waals surface area contributed by atoms with E-state index in [2.05, 4.69) is 0 Å². The molecule has 0 heterocycles. The van der Waals surface area contributed by atoms with E-state index < -0.39 is 5.97 Å². The number of aliphatic carboxylic acids is 1. The summed E-state index contributed by atoms with van der Waals surface area (Å²) in [6, 6.07) is 0. The normalized spacial score (nSPS) is 18.6. The van der Waals surface area contributed by atoms with E-state index in [1.165, 1.54) is 0 Å². The fraction of sp³-hybridized carbons (Fsp3) is 0.857. The van der Waals surface area contributed by atoms with Gasteiger partial charge >= 0.3 is 5.97 Å². The molecule has 1 rings (SSSR count). The molecule has 4 heteroatoms. The van der Waals surface area contributed by atoms with Gasteiger partial charge in [0.2, 0.25) is 0 Å². The number of carboxylic acids is 1. The van der Waals surface area contributed by atoms with Crippen LogP contribution in [0.4, 0.5) is 0 Å². The summed E-state index contributed by atoms with van der Waals surface area (Å²) in [6.07, 6.45) is 2.80. The van der Waals surface area contributed by atoms with Crippen molar-refractivity contribution in [2.24, 2.45) is 17.6 Å². The molecule has 1 saturated carbocycles. The summed E-state index contributed by atoms with van der Waals surface area (Å²) >= 11 is 0. The Bertz CT molecular complexity index is 136. The van der Waals surface area contributed by atoms with Crippen LogP contribution in [0.3, 0.4) is 0 Å². The molecular weight excluding hydrogens is 166 g/mol. The first-order valence-corrected chi connectivity index (χ1v) is 3.68. The predicted molar refractivity (Wildman–Crippen MR) is 44.8 cm³/mol. The van der Waals surface area contributed by atoms with E-state index in [1.54, 1.807) is 0 Å². The van der Waals surface area contributed by atoms with Gasteiger partial charge in [0.1, 0.15) is 0 Å². The molecule has 0 saturated heterocycles. The molecule has 3 nitrogen and oxygen atoms in total. The second-order valence-electron chi connectivity index (χ2n) is 2.86. The molecule has 0 aromatic heterocycles. The highest BCUT2D eigenvalue weighted by Gasteiger charge is 2.35. The molecule has 0 aromatic carbocycles. The van der Waals surface area contributed by atoms with Crippen molar-refractivity contribution >= 4 is 18.4 Å². The number of carboxylic acid groups (broad SMARTS) is 1. The lowest BCUT2D eigenvalue weighted by Crippen LogP contribution is -2.19. The summed E-state index contributed by atoms with van der Waals surface area (Å²) in [7, 11) is 0. The van der Waals surface area contributed by atoms with Crippen molar-refractivity contribution in [1.29, 1.82) is 0 Å². The summed E-state index contributed by atoms with van der Waals surface area (Å²) in [5.41, 5.74) is 5.27. The van der Waals surface area contributed by atoms with E-state index in [9.17, 15) is 4.79 Å². The molecular formula is C7H14ClNO2. The number of rotatable bonds is 4. The second kappa shape index (κ2) is 4.57. The van der Waals surface area contributed by atoms with Gasteiger partial charge in [-0.1, -0.05) is 0 Å². The van der Waals surface area contributed by atoms with Gasteiger partial charge in [0.25, 0.3) is 0 Å². The zero-order valence-corrected chi connectivity index (χ0v) is 7.14. The van der Waals surface area contributed by atoms with Crippen LogP contribution in [0.5, 0.6) is 0 Å². The Kier molecular flexibility index (Phi) is 4.45. The summed E-state index contributed by atoms with van der Waals surface area (Å²) in [5, 5.41) is 8.66. The van der Waals surface area contributed by atoms with E-state index in [1.807, 2.05) is 0 Å². The zero-order chi connectivity index (χ0) is 7.56. The summed E-state index contributed by atoms with van der Waals surface area (Å²) in [5.74, 6) is -0.404. The maximum atomic E-state index is 10.5. The van der Waals surface area contributed by atoms with Gasteiger partial charge in [-0.3, -0.25) is 4.79 Å². The molecule has 0 bridgehead atoms. The minimum Gasteiger partial charge on any atom is -0.481 e. The predicted octanol–water partition coefficient (Wildman–Crippen LogP) is 0.868. The SMILES string of the molecule is Cl.NCCC(C(=O)O)C1CC1. The summed E-state index contributed by atoms with van der Waals surface area (Å²) in [4.78, 5) is 10.5. The lowest BCUT2D eigenvalue weighted by molar-refractivity contribution is -0.142. The van der Waals surface area contributed by atoms with Crippen LogP contribution in [0.15, 0.2) is 0 Å². The molecule has 0 amide bonds. The topological polar surface area (TPSA) is 63.3 Å². The van der Waals surface area contributed by atoms with Crippen LogP contribution in [0.1, 0.15) is 19.3 Å². The maximum absolute atomic E-state index is 10.5. The molecule has 1 atom stereocenters. The van der Waals surface area contributed by atoms with Crippen LogP contribution in [0.25, 0.3) is 0 Å². The Morgan fingerprint density at radius 2 is 2.18 bits per heavy atom. The average molecular weight is 180 g/mol. The standard InChI is InChI=1S/C7H13NO2.ClH/c8-4-3-6(7(9)10)5-1-2-5;/h5-6H,1-4,8H2,(H,9,10);1H. The van der Waals surface area contributed by atoms with Crippen LogP contribution in [-0.2, 0) is 4.79 Å². The highest BCUT2D eigenvalue weighted by Crippen LogP contribution is 2.38. The van der Waals surface area contributed by atoms with E-state index in [0.717, 1.165) is 12.8 Å². The molecule has 66 valence electrons. The molecule has 0 spiro atoms. The Hall–Kier alpha value is -0.280. The quantitative estimate of drug-likeness (QED) is 0.673. The van der Waals surface area contributed by atoms with Crippen molar-refractivity contribution in [3.05, 3.63) is 0 Å². The van der Waals surface area contributed by atoms with Crippen molar-refractivity contribution in [2.45, 2.75) is 19.3 Å². The zero-order valence-electron chi connectivity index (χ0n) is 6.32. The molecule has 1 aliphatic carbocycles. The fourth-order valence-electron chi connectivity index (χ4n) is 1.24. The van der Waals surface area contributed by atoms with Gasteiger partial charge in [0.05, 0.1) is 5.92 Å². The third kappa shape index (κ3) is 3.08. The van der Waals surface area contributed by atoms with Gasteiger partial charge in [-0.15, -0.1) is 12.4 Å². The van der Waals surface area contributed by atoms with E-state index in [0.29, 0.717) is 18.9 Å². The molecule has 1 fully saturated rings. The monoisotopic (exact) mass is 179 g/mol. The van der Waals surface area contributed by atoms with Crippen LogP contribution in [-0.4, -0.2) is 17.6 Å². The Balaban J connectivity index is 0.000001000. The minimum absolute atomic E-state index is 0. The van der Waals surface area contributed by atoms with Gasteiger partial charge in [-0.05, 0) is 31.7 Å². The third-order valence-corrected chi connectivity index (χ3v) is 1.99. The molecule has 1 aliphatic rings. The van der Waals surface area contributed by atoms with Crippen molar-refractivity contribution in [3.63, 3.8) is 0 Å². The van der Waals surface area contributed by atoms with Gasteiger partial charge < -0.3 is 10.8 Å². The van der Waals surface area contributed by atoms with Gasteiger partial charge in [-0.25, -0.2) is 0 Å². The van der Waals surface area contributed by atoms with E-state index in [4.69, 9.17) is 10.8 Å². The Morgan fingerprint density at radius 3 is 2.45 bits per heavy atom. The molecule has 1 unspecified atom stereocenters. The second-order valence-corrected chi connectivity index (χ2v) is 2.86. The average Bonchev–Trinajstić information content (AvgIpc) is 2.63. The molecule has 11 heavy (non-hydrogen) atoms. The number of carbonyl (C=O) groups is 1. The van der Waals surface area contributed by atoms with Crippen LogP contribution in [0.2, 0.25) is 0 Å². The summed E-state index contributed by atoms with van der Waals surface area (Å²) < 4.78 is 0. The number of hydrogen-bond donors (Lipinski definition) is 2. The highest BCUT2D eigenvalue weighted by atomic mass is 35.5. The first-order chi connectivity index (χ1) is 4.75. The third-order valence-electron chi connectivity index (χ3n) is 1.99. The van der Waals surface area contributed by atoms with Crippen molar-refractivity contribution in [1.82, 2.24) is 0 Å². The number of halogens is 1. The van der Waals surface area contributed by atoms with E-state index >= 15 is 0 Å². The fourth-order valence-corrected chi connectivity index (χ4v) is 1.24. The first kappa shape index (κ1) is 10.7. The largest absolute Gasteiger partial charge is 0.481 e. The molecule has 0 aliphatic heterocycles. The molecule has 0 aromatic rings. The van der Waals surface area contributed by atoms with Crippen LogP contribution < -0.4 is 5.73 Å². The van der Waals surface area contributed by atoms with Gasteiger partial charge in [-0.2, -0.15) is 0 Å². The van der Waals surface area contributed by atoms with Gasteiger partial charge in [0, 0.05) is 0 Å².